The van der Waals surface area contributed by atoms with Crippen molar-refractivity contribution in [2.24, 2.45) is 0 Å². The van der Waals surface area contributed by atoms with Gasteiger partial charge in [-0.3, -0.25) is 0 Å². The van der Waals surface area contributed by atoms with Crippen LogP contribution in [-0.4, -0.2) is 61.6 Å². The molecule has 4 heterocycles. The van der Waals surface area contributed by atoms with E-state index in [1.165, 1.54) is 12.4 Å². The van der Waals surface area contributed by atoms with Crippen LogP contribution in [0, 0.1) is 6.92 Å². The molecule has 1 fully saturated rings. The zero-order chi connectivity index (χ0) is 27.3. The van der Waals surface area contributed by atoms with Crippen LogP contribution in [0.15, 0.2) is 55.0 Å². The number of hydrogen-bond donors (Lipinski definition) is 2. The minimum absolute atomic E-state index is 0.112. The number of rotatable bonds is 5. The number of aromatic nitrogens is 5. The second kappa shape index (κ2) is 9.31. The summed E-state index contributed by atoms with van der Waals surface area (Å²) in [6.45, 7) is 2.01. The number of piperidine rings is 1. The van der Waals surface area contributed by atoms with Gasteiger partial charge in [0.2, 0.25) is 0 Å². The highest BCUT2D eigenvalue weighted by molar-refractivity contribution is 5.97. The number of pyridine rings is 1. The van der Waals surface area contributed by atoms with Crippen molar-refractivity contribution in [2.45, 2.75) is 25.4 Å². The Kier molecular flexibility index (Phi) is 5.91. The molecule has 3 aromatic heterocycles. The average Bonchev–Trinajstić information content (AvgIpc) is 3.34. The Morgan fingerprint density at radius 2 is 1.90 bits per heavy atom. The minimum atomic E-state index is -3.03. The molecule has 2 aromatic carbocycles. The van der Waals surface area contributed by atoms with Gasteiger partial charge in [0.05, 0.1) is 17.4 Å². The third-order valence-corrected chi connectivity index (χ3v) is 6.72. The SMILES string of the molecule is Cc1cc(-c2nc(N)c3c(OC4CCN(C)CC4(F)F)cc(N)cc3n2)ccc1Oc1ccn2ncnc2c1. The standard InChI is InChI=1S/C27H26F2N8O2/c1-15-9-16(3-4-20(15)38-18-5-8-37-23(12-18)32-14-33-37)26-34-19-10-17(30)11-21(24(19)25(31)35-26)39-22-6-7-36(2)13-27(22,28)29/h3-5,8-12,14,22H,6-7,13,30H2,1-2H3,(H2,31,34,35). The fourth-order valence-electron chi connectivity index (χ4n) is 4.78. The molecule has 200 valence electrons. The lowest BCUT2D eigenvalue weighted by atomic mass is 10.0. The quantitative estimate of drug-likeness (QED) is 0.318. The molecule has 0 spiro atoms. The summed E-state index contributed by atoms with van der Waals surface area (Å²) in [5.41, 5.74) is 15.4. The number of halogens is 2. The van der Waals surface area contributed by atoms with E-state index in [1.54, 1.807) is 40.9 Å². The minimum Gasteiger partial charge on any atom is -0.483 e. The van der Waals surface area contributed by atoms with E-state index in [9.17, 15) is 8.78 Å². The maximum atomic E-state index is 14.7. The normalized spacial score (nSPS) is 17.5. The van der Waals surface area contributed by atoms with Gasteiger partial charge in [-0.25, -0.2) is 28.2 Å². The number of nitrogens with zero attached hydrogens (tertiary/aromatic N) is 6. The summed E-state index contributed by atoms with van der Waals surface area (Å²) in [7, 11) is 1.66. The van der Waals surface area contributed by atoms with Crippen molar-refractivity contribution in [3.05, 3.63) is 60.6 Å². The van der Waals surface area contributed by atoms with E-state index in [0.717, 1.165) is 5.56 Å². The van der Waals surface area contributed by atoms with E-state index in [4.69, 9.17) is 20.9 Å². The van der Waals surface area contributed by atoms with Crippen molar-refractivity contribution in [1.29, 1.82) is 0 Å². The molecule has 5 aromatic rings. The Morgan fingerprint density at radius 3 is 2.69 bits per heavy atom. The van der Waals surface area contributed by atoms with Crippen molar-refractivity contribution in [3.63, 3.8) is 0 Å². The van der Waals surface area contributed by atoms with Crippen LogP contribution in [-0.2, 0) is 0 Å². The molecule has 10 nitrogen and oxygen atoms in total. The smallest absolute Gasteiger partial charge is 0.296 e. The molecule has 12 heteroatoms. The second-order valence-electron chi connectivity index (χ2n) is 9.75. The van der Waals surface area contributed by atoms with Crippen molar-refractivity contribution in [3.8, 4) is 28.6 Å². The summed E-state index contributed by atoms with van der Waals surface area (Å²) >= 11 is 0. The zero-order valence-electron chi connectivity index (χ0n) is 21.3. The molecule has 0 radical (unpaired) electrons. The molecular formula is C27H26F2N8O2. The number of ether oxygens (including phenoxy) is 2. The van der Waals surface area contributed by atoms with Crippen molar-refractivity contribution < 1.29 is 18.3 Å². The van der Waals surface area contributed by atoms with E-state index in [-0.39, 0.29) is 24.5 Å². The van der Waals surface area contributed by atoms with Gasteiger partial charge in [0, 0.05) is 42.5 Å². The molecule has 1 atom stereocenters. The fraction of sp³-hybridized carbons (Fsp3) is 0.259. The van der Waals surface area contributed by atoms with E-state index in [0.29, 0.717) is 51.7 Å². The van der Waals surface area contributed by atoms with E-state index >= 15 is 0 Å². The highest BCUT2D eigenvalue weighted by atomic mass is 19.3. The molecule has 1 aliphatic rings. The summed E-state index contributed by atoms with van der Waals surface area (Å²) in [4.78, 5) is 14.9. The second-order valence-corrected chi connectivity index (χ2v) is 9.75. The Bertz CT molecular complexity index is 1710. The van der Waals surface area contributed by atoms with E-state index < -0.39 is 12.0 Å². The van der Waals surface area contributed by atoms with Crippen LogP contribution in [0.4, 0.5) is 20.3 Å². The molecule has 1 unspecified atom stereocenters. The van der Waals surface area contributed by atoms with Crippen molar-refractivity contribution in [2.75, 3.05) is 31.6 Å². The van der Waals surface area contributed by atoms with Gasteiger partial charge in [-0.05, 0) is 49.9 Å². The highest BCUT2D eigenvalue weighted by Gasteiger charge is 2.45. The van der Waals surface area contributed by atoms with Gasteiger partial charge in [-0.15, -0.1) is 0 Å². The topological polar surface area (TPSA) is 130 Å². The number of aryl methyl sites for hydroxylation is 1. The number of benzene rings is 2. The molecule has 0 saturated carbocycles. The Morgan fingerprint density at radius 1 is 1.05 bits per heavy atom. The molecular weight excluding hydrogens is 506 g/mol. The van der Waals surface area contributed by atoms with Crippen molar-refractivity contribution >= 4 is 28.1 Å². The molecule has 1 aliphatic heterocycles. The third-order valence-electron chi connectivity index (χ3n) is 6.72. The Hall–Kier alpha value is -4.58. The maximum absolute atomic E-state index is 14.7. The highest BCUT2D eigenvalue weighted by Crippen LogP contribution is 2.38. The molecule has 1 saturated heterocycles. The molecule has 39 heavy (non-hydrogen) atoms. The largest absolute Gasteiger partial charge is 0.483 e. The zero-order valence-corrected chi connectivity index (χ0v) is 21.3. The lowest BCUT2D eigenvalue weighted by Gasteiger charge is -2.36. The van der Waals surface area contributed by atoms with E-state index in [2.05, 4.69) is 20.1 Å². The predicted molar refractivity (Wildman–Crippen MR) is 143 cm³/mol. The molecule has 0 aliphatic carbocycles. The van der Waals surface area contributed by atoms with E-state index in [1.807, 2.05) is 25.1 Å². The first kappa shape index (κ1) is 24.7. The Balaban J connectivity index is 1.31. The first-order valence-corrected chi connectivity index (χ1v) is 12.3. The summed E-state index contributed by atoms with van der Waals surface area (Å²) in [5.74, 6) is -1.14. The van der Waals surface area contributed by atoms with Crippen LogP contribution in [0.25, 0.3) is 27.9 Å². The van der Waals surface area contributed by atoms with Crippen LogP contribution in [0.1, 0.15) is 12.0 Å². The summed E-state index contributed by atoms with van der Waals surface area (Å²) < 4.78 is 42.9. The molecule has 0 amide bonds. The number of fused-ring (bicyclic) bond motifs is 2. The van der Waals surface area contributed by atoms with Crippen LogP contribution >= 0.6 is 0 Å². The number of nitrogen functional groups attached to an aromatic ring is 2. The van der Waals surface area contributed by atoms with Gasteiger partial charge in [-0.2, -0.15) is 5.10 Å². The number of hydrogen-bond acceptors (Lipinski definition) is 9. The van der Waals surface area contributed by atoms with Gasteiger partial charge < -0.3 is 25.8 Å². The van der Waals surface area contributed by atoms with Crippen molar-refractivity contribution in [1.82, 2.24) is 29.5 Å². The van der Waals surface area contributed by atoms with Crippen LogP contribution < -0.4 is 20.9 Å². The van der Waals surface area contributed by atoms with Gasteiger partial charge in [0.15, 0.2) is 17.6 Å². The average molecular weight is 533 g/mol. The summed E-state index contributed by atoms with van der Waals surface area (Å²) in [6.07, 6.45) is 2.10. The fourth-order valence-corrected chi connectivity index (χ4v) is 4.78. The number of nitrogens with two attached hydrogens (primary N) is 2. The van der Waals surface area contributed by atoms with Gasteiger partial charge in [0.25, 0.3) is 5.92 Å². The Labute approximate surface area is 222 Å². The molecule has 0 bridgehead atoms. The molecule has 4 N–H and O–H groups in total. The van der Waals surface area contributed by atoms with Crippen LogP contribution in [0.3, 0.4) is 0 Å². The monoisotopic (exact) mass is 532 g/mol. The number of alkyl halides is 2. The maximum Gasteiger partial charge on any atom is 0.296 e. The van der Waals surface area contributed by atoms with Gasteiger partial charge >= 0.3 is 0 Å². The molecule has 6 rings (SSSR count). The number of anilines is 2. The van der Waals surface area contributed by atoms with Crippen LogP contribution in [0.2, 0.25) is 0 Å². The van der Waals surface area contributed by atoms with Crippen LogP contribution in [0.5, 0.6) is 17.2 Å². The lowest BCUT2D eigenvalue weighted by Crippen LogP contribution is -2.52. The number of likely N-dealkylation sites (tertiary alicyclic amines) is 1. The predicted octanol–water partition coefficient (Wildman–Crippen LogP) is 4.32. The van der Waals surface area contributed by atoms with Gasteiger partial charge in [-0.1, -0.05) is 0 Å². The third kappa shape index (κ3) is 4.74. The summed E-state index contributed by atoms with van der Waals surface area (Å²) in [5, 5.41) is 4.43. The lowest BCUT2D eigenvalue weighted by molar-refractivity contribution is -0.134. The first-order valence-electron chi connectivity index (χ1n) is 12.3. The summed E-state index contributed by atoms with van der Waals surface area (Å²) in [6, 6.07) is 12.2. The van der Waals surface area contributed by atoms with Gasteiger partial charge in [0.1, 0.15) is 29.4 Å². The first-order chi connectivity index (χ1) is 18.7.